The summed E-state index contributed by atoms with van der Waals surface area (Å²) >= 11 is 0. The van der Waals surface area contributed by atoms with Crippen LogP contribution in [-0.2, 0) is 0 Å². The maximum absolute atomic E-state index is 11.8. The lowest BCUT2D eigenvalue weighted by molar-refractivity contribution is 0.261. The summed E-state index contributed by atoms with van der Waals surface area (Å²) in [6.45, 7) is 0. The first-order chi connectivity index (χ1) is 9.33. The predicted molar refractivity (Wildman–Crippen MR) is 70.9 cm³/mol. The zero-order valence-electron chi connectivity index (χ0n) is 9.83. The number of benzene rings is 1. The minimum absolute atomic E-state index is 0.283. The van der Waals surface area contributed by atoms with Crippen LogP contribution in [0.15, 0.2) is 53.3 Å². The summed E-state index contributed by atoms with van der Waals surface area (Å²) in [5.74, 6) is 0.283. The van der Waals surface area contributed by atoms with Crippen molar-refractivity contribution in [3.05, 3.63) is 48.8 Å². The van der Waals surface area contributed by atoms with Crippen molar-refractivity contribution in [1.82, 2.24) is 10.1 Å². The van der Waals surface area contributed by atoms with E-state index in [1.165, 1.54) is 6.20 Å². The summed E-state index contributed by atoms with van der Waals surface area (Å²) in [7, 11) is 0. The minimum atomic E-state index is -0.407. The van der Waals surface area contributed by atoms with Gasteiger partial charge in [0.1, 0.15) is 0 Å². The lowest BCUT2D eigenvalue weighted by atomic mass is 10.2. The predicted octanol–water partition coefficient (Wildman–Crippen LogP) is 2.87. The summed E-state index contributed by atoms with van der Waals surface area (Å²) in [5.41, 5.74) is 1.37. The zero-order valence-corrected chi connectivity index (χ0v) is 9.83. The molecule has 0 radical (unpaired) electrons. The van der Waals surface area contributed by atoms with E-state index < -0.39 is 6.03 Å². The van der Waals surface area contributed by atoms with Crippen LogP contribution in [0, 0.1) is 0 Å². The standard InChI is InChI=1S/C13H10N4O2/c18-13(17-11-6-8-15-19-11)16-10-5-1-3-9-4-2-7-14-12(9)10/h1-8H,(H2,16,17,18). The molecule has 0 saturated heterocycles. The Kier molecular flexibility index (Phi) is 2.82. The number of nitrogens with one attached hydrogen (secondary N) is 2. The third-order valence-corrected chi connectivity index (χ3v) is 2.56. The fraction of sp³-hybridized carbons (Fsp3) is 0. The van der Waals surface area contributed by atoms with Crippen LogP contribution in [0.25, 0.3) is 10.9 Å². The average Bonchev–Trinajstić information content (AvgIpc) is 2.92. The van der Waals surface area contributed by atoms with E-state index in [4.69, 9.17) is 4.52 Å². The van der Waals surface area contributed by atoms with Crippen molar-refractivity contribution in [3.63, 3.8) is 0 Å². The number of hydrogen-bond donors (Lipinski definition) is 2. The third-order valence-electron chi connectivity index (χ3n) is 2.56. The highest BCUT2D eigenvalue weighted by Crippen LogP contribution is 2.20. The molecule has 6 heteroatoms. The van der Waals surface area contributed by atoms with Crippen molar-refractivity contribution in [2.24, 2.45) is 0 Å². The van der Waals surface area contributed by atoms with Crippen LogP contribution in [0.3, 0.4) is 0 Å². The summed E-state index contributed by atoms with van der Waals surface area (Å²) in [5, 5.41) is 9.71. The molecule has 2 amide bonds. The summed E-state index contributed by atoms with van der Waals surface area (Å²) in [4.78, 5) is 16.0. The molecule has 19 heavy (non-hydrogen) atoms. The van der Waals surface area contributed by atoms with Gasteiger partial charge in [-0.2, -0.15) is 0 Å². The van der Waals surface area contributed by atoms with Gasteiger partial charge in [-0.15, -0.1) is 0 Å². The number of amides is 2. The number of pyridine rings is 1. The molecule has 0 bridgehead atoms. The van der Waals surface area contributed by atoms with Crippen LogP contribution in [0.1, 0.15) is 0 Å². The fourth-order valence-corrected chi connectivity index (χ4v) is 1.75. The lowest BCUT2D eigenvalue weighted by Gasteiger charge is -2.07. The van der Waals surface area contributed by atoms with Crippen LogP contribution in [0.5, 0.6) is 0 Å². The van der Waals surface area contributed by atoms with Gasteiger partial charge in [-0.25, -0.2) is 4.79 Å². The molecule has 0 aliphatic carbocycles. The fourth-order valence-electron chi connectivity index (χ4n) is 1.75. The highest BCUT2D eigenvalue weighted by Gasteiger charge is 2.07. The Hall–Kier alpha value is -2.89. The van der Waals surface area contributed by atoms with Crippen molar-refractivity contribution in [1.29, 1.82) is 0 Å². The maximum atomic E-state index is 11.8. The number of para-hydroxylation sites is 1. The molecule has 0 aliphatic rings. The molecular formula is C13H10N4O2. The molecule has 0 spiro atoms. The highest BCUT2D eigenvalue weighted by molar-refractivity contribution is 6.04. The number of carbonyl (C=O) groups is 1. The van der Waals surface area contributed by atoms with E-state index in [0.29, 0.717) is 5.69 Å². The van der Waals surface area contributed by atoms with E-state index >= 15 is 0 Å². The molecule has 0 fully saturated rings. The van der Waals surface area contributed by atoms with Gasteiger partial charge in [0.05, 0.1) is 17.4 Å². The zero-order chi connectivity index (χ0) is 13.1. The van der Waals surface area contributed by atoms with E-state index in [0.717, 1.165) is 10.9 Å². The molecule has 2 N–H and O–H groups in total. The smallest absolute Gasteiger partial charge is 0.326 e. The molecule has 0 atom stereocenters. The summed E-state index contributed by atoms with van der Waals surface area (Å²) in [6.07, 6.45) is 3.14. The number of aromatic nitrogens is 2. The molecule has 6 nitrogen and oxygen atoms in total. The number of anilines is 2. The first-order valence-electron chi connectivity index (χ1n) is 5.65. The molecule has 3 aromatic rings. The first-order valence-corrected chi connectivity index (χ1v) is 5.65. The average molecular weight is 254 g/mol. The van der Waals surface area contributed by atoms with Gasteiger partial charge in [0.15, 0.2) is 0 Å². The molecular weight excluding hydrogens is 244 g/mol. The second-order valence-corrected chi connectivity index (χ2v) is 3.84. The second-order valence-electron chi connectivity index (χ2n) is 3.84. The Morgan fingerprint density at radius 2 is 1.95 bits per heavy atom. The Bertz CT molecular complexity index is 704. The monoisotopic (exact) mass is 254 g/mol. The van der Waals surface area contributed by atoms with E-state index in [2.05, 4.69) is 20.8 Å². The van der Waals surface area contributed by atoms with Crippen molar-refractivity contribution in [3.8, 4) is 0 Å². The van der Waals surface area contributed by atoms with Crippen LogP contribution in [0.2, 0.25) is 0 Å². The van der Waals surface area contributed by atoms with Gasteiger partial charge in [-0.05, 0) is 12.1 Å². The summed E-state index contributed by atoms with van der Waals surface area (Å²) < 4.78 is 4.79. The van der Waals surface area contributed by atoms with Crippen molar-refractivity contribution < 1.29 is 9.32 Å². The van der Waals surface area contributed by atoms with Gasteiger partial charge < -0.3 is 9.84 Å². The van der Waals surface area contributed by atoms with Crippen molar-refractivity contribution in [2.45, 2.75) is 0 Å². The highest BCUT2D eigenvalue weighted by atomic mass is 16.5. The van der Waals surface area contributed by atoms with Crippen molar-refractivity contribution in [2.75, 3.05) is 10.6 Å². The van der Waals surface area contributed by atoms with E-state index in [1.807, 2.05) is 24.3 Å². The Balaban J connectivity index is 1.83. The van der Waals surface area contributed by atoms with Crippen LogP contribution < -0.4 is 10.6 Å². The van der Waals surface area contributed by atoms with Gasteiger partial charge >= 0.3 is 6.03 Å². The van der Waals surface area contributed by atoms with Gasteiger partial charge in [0.25, 0.3) is 0 Å². The molecule has 94 valence electrons. The second kappa shape index (κ2) is 4.77. The SMILES string of the molecule is O=C(Nc1ccno1)Nc1cccc2cccnc12. The van der Waals surface area contributed by atoms with Gasteiger partial charge in [0, 0.05) is 17.6 Å². The number of hydrogen-bond acceptors (Lipinski definition) is 4. The first kappa shape index (κ1) is 11.2. The van der Waals surface area contributed by atoms with Gasteiger partial charge in [0.2, 0.25) is 5.88 Å². The topological polar surface area (TPSA) is 80.0 Å². The molecule has 3 rings (SSSR count). The number of urea groups is 1. The lowest BCUT2D eigenvalue weighted by Crippen LogP contribution is -2.19. The molecule has 0 unspecified atom stereocenters. The molecule has 1 aromatic carbocycles. The maximum Gasteiger partial charge on any atom is 0.326 e. The number of nitrogens with zero attached hydrogens (tertiary/aromatic N) is 2. The largest absolute Gasteiger partial charge is 0.338 e. The Labute approximate surface area is 108 Å². The quantitative estimate of drug-likeness (QED) is 0.736. The van der Waals surface area contributed by atoms with Gasteiger partial charge in [-0.1, -0.05) is 23.4 Å². The number of fused-ring (bicyclic) bond motifs is 1. The molecule has 2 heterocycles. The van der Waals surface area contributed by atoms with Crippen molar-refractivity contribution >= 4 is 28.5 Å². The number of rotatable bonds is 2. The van der Waals surface area contributed by atoms with E-state index in [-0.39, 0.29) is 5.88 Å². The molecule has 0 aliphatic heterocycles. The third kappa shape index (κ3) is 2.37. The van der Waals surface area contributed by atoms with Gasteiger partial charge in [-0.3, -0.25) is 10.3 Å². The summed E-state index contributed by atoms with van der Waals surface area (Å²) in [6, 6.07) is 10.5. The molecule has 2 aromatic heterocycles. The minimum Gasteiger partial charge on any atom is -0.338 e. The Morgan fingerprint density at radius 3 is 2.79 bits per heavy atom. The molecule has 0 saturated carbocycles. The van der Waals surface area contributed by atoms with Crippen LogP contribution in [0.4, 0.5) is 16.4 Å². The van der Waals surface area contributed by atoms with E-state index in [1.54, 1.807) is 18.3 Å². The van der Waals surface area contributed by atoms with Crippen LogP contribution >= 0.6 is 0 Å². The van der Waals surface area contributed by atoms with Crippen LogP contribution in [-0.4, -0.2) is 16.2 Å². The normalized spacial score (nSPS) is 10.3. The Morgan fingerprint density at radius 1 is 1.05 bits per heavy atom. The number of carbonyl (C=O) groups excluding carboxylic acids is 1. The van der Waals surface area contributed by atoms with E-state index in [9.17, 15) is 4.79 Å².